The zero-order valence-electron chi connectivity index (χ0n) is 9.82. The van der Waals surface area contributed by atoms with Gasteiger partial charge in [-0.2, -0.15) is 0 Å². The number of carboxylic acids is 1. The van der Waals surface area contributed by atoms with Gasteiger partial charge >= 0.3 is 5.97 Å². The molecule has 1 rings (SSSR count). The average Bonchev–Trinajstić information content (AvgIpc) is 2.73. The molecule has 0 aliphatic rings. The van der Waals surface area contributed by atoms with Gasteiger partial charge in [0.05, 0.1) is 6.54 Å². The van der Waals surface area contributed by atoms with Crippen molar-refractivity contribution < 1.29 is 14.3 Å². The highest BCUT2D eigenvalue weighted by atomic mass is 16.4. The maximum atomic E-state index is 10.6. The van der Waals surface area contributed by atoms with Gasteiger partial charge in [0.2, 0.25) is 5.76 Å². The molecule has 1 heterocycles. The smallest absolute Gasteiger partial charge is 0.371 e. The van der Waals surface area contributed by atoms with E-state index < -0.39 is 5.97 Å². The molecular weight excluding hydrogens is 206 g/mol. The number of hydrogen-bond acceptors (Lipinski definition) is 3. The van der Waals surface area contributed by atoms with Crippen molar-refractivity contribution in [2.24, 2.45) is 0 Å². The van der Waals surface area contributed by atoms with E-state index in [0.717, 1.165) is 19.3 Å². The minimum atomic E-state index is -1.02. The second-order valence-corrected chi connectivity index (χ2v) is 3.85. The van der Waals surface area contributed by atoms with E-state index in [1.54, 1.807) is 6.07 Å². The Bertz CT molecular complexity index is 333. The maximum Gasteiger partial charge on any atom is 0.371 e. The van der Waals surface area contributed by atoms with Crippen molar-refractivity contribution in [3.63, 3.8) is 0 Å². The van der Waals surface area contributed by atoms with Crippen LogP contribution in [0.15, 0.2) is 16.5 Å². The first-order valence-electron chi connectivity index (χ1n) is 5.72. The minimum absolute atomic E-state index is 0.000315. The Morgan fingerprint density at radius 1 is 1.50 bits per heavy atom. The summed E-state index contributed by atoms with van der Waals surface area (Å²) in [4.78, 5) is 10.6. The molecule has 0 aromatic carbocycles. The third-order valence-electron chi connectivity index (χ3n) is 2.57. The van der Waals surface area contributed by atoms with Gasteiger partial charge in [-0.1, -0.05) is 20.3 Å². The molecule has 1 unspecified atom stereocenters. The molecule has 1 aromatic heterocycles. The van der Waals surface area contributed by atoms with E-state index in [1.165, 1.54) is 6.07 Å². The fraction of sp³-hybridized carbons (Fsp3) is 0.583. The van der Waals surface area contributed by atoms with E-state index in [2.05, 4.69) is 19.2 Å². The molecule has 2 N–H and O–H groups in total. The zero-order chi connectivity index (χ0) is 12.0. The Labute approximate surface area is 95.7 Å². The van der Waals surface area contributed by atoms with Gasteiger partial charge in [-0.3, -0.25) is 0 Å². The third kappa shape index (κ3) is 3.70. The summed E-state index contributed by atoms with van der Waals surface area (Å²) < 4.78 is 5.16. The summed E-state index contributed by atoms with van der Waals surface area (Å²) in [6, 6.07) is 3.67. The highest BCUT2D eigenvalue weighted by Gasteiger charge is 2.10. The summed E-state index contributed by atoms with van der Waals surface area (Å²) in [6.07, 6.45) is 3.34. The molecule has 0 bridgehead atoms. The van der Waals surface area contributed by atoms with Crippen LogP contribution in [0, 0.1) is 0 Å². The molecule has 1 aromatic rings. The van der Waals surface area contributed by atoms with E-state index in [4.69, 9.17) is 9.52 Å². The van der Waals surface area contributed by atoms with Gasteiger partial charge in [0.25, 0.3) is 0 Å². The van der Waals surface area contributed by atoms with Crippen molar-refractivity contribution >= 4 is 5.97 Å². The van der Waals surface area contributed by atoms with Gasteiger partial charge < -0.3 is 14.8 Å². The number of hydrogen-bond donors (Lipinski definition) is 2. The van der Waals surface area contributed by atoms with Crippen LogP contribution in [0.1, 0.15) is 49.4 Å². The second kappa shape index (κ2) is 6.33. The van der Waals surface area contributed by atoms with Crippen molar-refractivity contribution in [1.29, 1.82) is 0 Å². The zero-order valence-corrected chi connectivity index (χ0v) is 9.82. The number of aromatic carboxylic acids is 1. The summed E-state index contributed by atoms with van der Waals surface area (Å²) >= 11 is 0. The lowest BCUT2D eigenvalue weighted by Gasteiger charge is -2.14. The van der Waals surface area contributed by atoms with Crippen LogP contribution in [-0.2, 0) is 6.54 Å². The second-order valence-electron chi connectivity index (χ2n) is 3.85. The monoisotopic (exact) mass is 225 g/mol. The number of carbonyl (C=O) groups is 1. The van der Waals surface area contributed by atoms with E-state index in [9.17, 15) is 4.79 Å². The van der Waals surface area contributed by atoms with Crippen molar-refractivity contribution in [2.75, 3.05) is 0 Å². The molecule has 90 valence electrons. The Morgan fingerprint density at radius 2 is 2.25 bits per heavy atom. The Morgan fingerprint density at radius 3 is 2.75 bits per heavy atom. The number of carboxylic acid groups (broad SMARTS) is 1. The molecule has 0 fully saturated rings. The van der Waals surface area contributed by atoms with Crippen LogP contribution in [0.3, 0.4) is 0 Å². The third-order valence-corrected chi connectivity index (χ3v) is 2.57. The Balaban J connectivity index is 2.44. The van der Waals surface area contributed by atoms with E-state index in [1.807, 2.05) is 0 Å². The van der Waals surface area contributed by atoms with Gasteiger partial charge in [-0.05, 0) is 25.0 Å². The SMILES string of the molecule is CCCC(CC)NCc1ccc(C(=O)O)o1. The van der Waals surface area contributed by atoms with Crippen LogP contribution in [0.2, 0.25) is 0 Å². The molecule has 0 radical (unpaired) electrons. The lowest BCUT2D eigenvalue weighted by molar-refractivity contribution is 0.0660. The summed E-state index contributed by atoms with van der Waals surface area (Å²) in [6.45, 7) is 4.88. The Kier molecular flexibility index (Phi) is 5.05. The highest BCUT2D eigenvalue weighted by Crippen LogP contribution is 2.09. The quantitative estimate of drug-likeness (QED) is 0.748. The molecule has 0 spiro atoms. The first kappa shape index (κ1) is 12.8. The minimum Gasteiger partial charge on any atom is -0.475 e. The van der Waals surface area contributed by atoms with Gasteiger partial charge in [0.15, 0.2) is 0 Å². The molecule has 4 nitrogen and oxygen atoms in total. The largest absolute Gasteiger partial charge is 0.475 e. The normalized spacial score (nSPS) is 12.6. The topological polar surface area (TPSA) is 62.5 Å². The van der Waals surface area contributed by atoms with Crippen LogP contribution in [0.25, 0.3) is 0 Å². The van der Waals surface area contributed by atoms with Crippen LogP contribution in [0.5, 0.6) is 0 Å². The lowest BCUT2D eigenvalue weighted by Crippen LogP contribution is -2.27. The fourth-order valence-corrected chi connectivity index (χ4v) is 1.63. The van der Waals surface area contributed by atoms with E-state index >= 15 is 0 Å². The molecule has 16 heavy (non-hydrogen) atoms. The standard InChI is InChI=1S/C12H19NO3/c1-3-5-9(4-2)13-8-10-6-7-11(16-10)12(14)15/h6-7,9,13H,3-5,8H2,1-2H3,(H,14,15). The van der Waals surface area contributed by atoms with Crippen LogP contribution in [-0.4, -0.2) is 17.1 Å². The van der Waals surface area contributed by atoms with Crippen molar-refractivity contribution in [2.45, 2.75) is 45.7 Å². The molecule has 0 amide bonds. The molecule has 0 aliphatic heterocycles. The molecular formula is C12H19NO3. The van der Waals surface area contributed by atoms with Crippen molar-refractivity contribution in [1.82, 2.24) is 5.32 Å². The average molecular weight is 225 g/mol. The van der Waals surface area contributed by atoms with Gasteiger partial charge in [0.1, 0.15) is 5.76 Å². The molecule has 0 aliphatic carbocycles. The maximum absolute atomic E-state index is 10.6. The van der Waals surface area contributed by atoms with E-state index in [-0.39, 0.29) is 5.76 Å². The van der Waals surface area contributed by atoms with Crippen molar-refractivity contribution in [3.05, 3.63) is 23.7 Å². The summed E-state index contributed by atoms with van der Waals surface area (Å²) in [5.74, 6) is -0.348. The van der Waals surface area contributed by atoms with Crippen LogP contribution >= 0.6 is 0 Å². The number of nitrogens with one attached hydrogen (secondary N) is 1. The lowest BCUT2D eigenvalue weighted by atomic mass is 10.1. The fourth-order valence-electron chi connectivity index (χ4n) is 1.63. The van der Waals surface area contributed by atoms with Gasteiger partial charge in [-0.15, -0.1) is 0 Å². The van der Waals surface area contributed by atoms with Gasteiger partial charge in [-0.25, -0.2) is 4.79 Å². The molecule has 0 saturated heterocycles. The summed E-state index contributed by atoms with van der Waals surface area (Å²) in [5, 5.41) is 12.0. The highest BCUT2D eigenvalue weighted by molar-refractivity contribution is 5.84. The predicted molar refractivity (Wildman–Crippen MR) is 61.5 cm³/mol. The number of furan rings is 1. The molecule has 4 heteroatoms. The number of rotatable bonds is 7. The van der Waals surface area contributed by atoms with Crippen molar-refractivity contribution in [3.8, 4) is 0 Å². The predicted octanol–water partition coefficient (Wildman–Crippen LogP) is 2.65. The summed E-state index contributed by atoms with van der Waals surface area (Å²) in [7, 11) is 0. The van der Waals surface area contributed by atoms with Crippen LogP contribution < -0.4 is 5.32 Å². The Hall–Kier alpha value is -1.29. The van der Waals surface area contributed by atoms with E-state index in [0.29, 0.717) is 18.3 Å². The summed E-state index contributed by atoms with van der Waals surface area (Å²) in [5.41, 5.74) is 0. The van der Waals surface area contributed by atoms with Crippen LogP contribution in [0.4, 0.5) is 0 Å². The molecule has 0 saturated carbocycles. The molecule has 1 atom stereocenters. The van der Waals surface area contributed by atoms with Gasteiger partial charge in [0, 0.05) is 6.04 Å². The first-order chi connectivity index (χ1) is 7.67. The first-order valence-corrected chi connectivity index (χ1v) is 5.72.